The van der Waals surface area contributed by atoms with Crippen molar-refractivity contribution in [2.75, 3.05) is 18.8 Å². The molecule has 2 aromatic heterocycles. The first-order chi connectivity index (χ1) is 16.4. The lowest BCUT2D eigenvalue weighted by molar-refractivity contribution is -0.384. The van der Waals surface area contributed by atoms with Crippen LogP contribution in [-0.2, 0) is 14.8 Å². The maximum atomic E-state index is 12.6. The van der Waals surface area contributed by atoms with E-state index in [1.165, 1.54) is 30.8 Å². The maximum absolute atomic E-state index is 12.6. The first kappa shape index (κ1) is 25.9. The Balaban J connectivity index is 0.000000225. The van der Waals surface area contributed by atoms with Crippen LogP contribution in [0.5, 0.6) is 0 Å². The van der Waals surface area contributed by atoms with Crippen LogP contribution in [0, 0.1) is 10.1 Å². The highest BCUT2D eigenvalue weighted by atomic mass is 32.2. The number of fused-ring (bicyclic) bond motifs is 1. The summed E-state index contributed by atoms with van der Waals surface area (Å²) in [4.78, 5) is 27.5. The maximum Gasteiger partial charge on any atom is 0.410 e. The van der Waals surface area contributed by atoms with Gasteiger partial charge in [0.15, 0.2) is 5.65 Å². The number of aromatic nitrogens is 2. The summed E-state index contributed by atoms with van der Waals surface area (Å²) >= 11 is 0. The SMILES string of the molecule is CC(C)(C)OC(=O)N1CCCCC1.Nc1c([N+](=O)[O-])cnc2c1ccn2S(=O)(=O)c1ccccc1. The van der Waals surface area contributed by atoms with Gasteiger partial charge >= 0.3 is 11.8 Å². The van der Waals surface area contributed by atoms with E-state index in [-0.39, 0.29) is 39.0 Å². The number of nitrogens with two attached hydrogens (primary N) is 1. The summed E-state index contributed by atoms with van der Waals surface area (Å²) < 4.78 is 31.4. The Morgan fingerprint density at radius 1 is 1.11 bits per heavy atom. The smallest absolute Gasteiger partial charge is 0.410 e. The number of hydrogen-bond acceptors (Lipinski definition) is 8. The molecule has 3 heterocycles. The van der Waals surface area contributed by atoms with Gasteiger partial charge in [-0.2, -0.15) is 0 Å². The lowest BCUT2D eigenvalue weighted by Crippen LogP contribution is -2.39. The van der Waals surface area contributed by atoms with Gasteiger partial charge in [-0.3, -0.25) is 10.1 Å². The lowest BCUT2D eigenvalue weighted by atomic mass is 10.1. The van der Waals surface area contributed by atoms with Gasteiger partial charge in [-0.15, -0.1) is 0 Å². The van der Waals surface area contributed by atoms with Gasteiger partial charge in [0.2, 0.25) is 0 Å². The molecule has 35 heavy (non-hydrogen) atoms. The predicted molar refractivity (Wildman–Crippen MR) is 131 cm³/mol. The van der Waals surface area contributed by atoms with Crippen molar-refractivity contribution in [3.05, 3.63) is 58.9 Å². The zero-order valence-electron chi connectivity index (χ0n) is 19.9. The van der Waals surface area contributed by atoms with E-state index in [0.717, 1.165) is 36.1 Å². The van der Waals surface area contributed by atoms with Crippen molar-refractivity contribution in [1.29, 1.82) is 0 Å². The average Bonchev–Trinajstić information content (AvgIpc) is 3.26. The topological polar surface area (TPSA) is 151 Å². The molecule has 2 N–H and O–H groups in total. The van der Waals surface area contributed by atoms with Crippen LogP contribution in [0.15, 0.2) is 53.7 Å². The number of nitrogen functional groups attached to an aromatic ring is 1. The van der Waals surface area contributed by atoms with E-state index >= 15 is 0 Å². The third-order valence-corrected chi connectivity index (χ3v) is 6.89. The Morgan fingerprint density at radius 2 is 1.74 bits per heavy atom. The largest absolute Gasteiger partial charge is 0.444 e. The summed E-state index contributed by atoms with van der Waals surface area (Å²) in [5.41, 5.74) is 4.93. The molecule has 1 aromatic carbocycles. The van der Waals surface area contributed by atoms with Crippen LogP contribution in [0.2, 0.25) is 0 Å². The molecule has 0 radical (unpaired) electrons. The minimum atomic E-state index is -3.84. The highest BCUT2D eigenvalue weighted by Crippen LogP contribution is 2.30. The van der Waals surface area contributed by atoms with Crippen molar-refractivity contribution in [2.24, 2.45) is 0 Å². The molecule has 188 valence electrons. The minimum absolute atomic E-state index is 0.0481. The Bertz CT molecular complexity index is 1310. The molecule has 4 rings (SSSR count). The van der Waals surface area contributed by atoms with Gasteiger partial charge in [-0.1, -0.05) is 18.2 Å². The van der Waals surface area contributed by atoms with E-state index in [0.29, 0.717) is 0 Å². The Morgan fingerprint density at radius 3 is 2.31 bits per heavy atom. The van der Waals surface area contributed by atoms with E-state index in [1.54, 1.807) is 23.1 Å². The van der Waals surface area contributed by atoms with Gasteiger partial charge in [0, 0.05) is 19.3 Å². The van der Waals surface area contributed by atoms with Crippen LogP contribution in [0.4, 0.5) is 16.2 Å². The number of piperidine rings is 1. The molecule has 1 fully saturated rings. The van der Waals surface area contributed by atoms with E-state index < -0.39 is 14.9 Å². The van der Waals surface area contributed by atoms with Crippen molar-refractivity contribution in [1.82, 2.24) is 13.9 Å². The third-order valence-electron chi connectivity index (χ3n) is 5.21. The van der Waals surface area contributed by atoms with Crippen LogP contribution in [-0.4, -0.2) is 52.0 Å². The number of amides is 1. The van der Waals surface area contributed by atoms with Gasteiger partial charge in [-0.05, 0) is 58.2 Å². The molecule has 0 spiro atoms. The normalized spacial score (nSPS) is 14.2. The van der Waals surface area contributed by atoms with Gasteiger partial charge < -0.3 is 15.4 Å². The van der Waals surface area contributed by atoms with Crippen LogP contribution >= 0.6 is 0 Å². The summed E-state index contributed by atoms with van der Waals surface area (Å²) in [6, 6.07) is 9.21. The predicted octanol–water partition coefficient (Wildman–Crippen LogP) is 4.17. The number of carbonyl (C=O) groups is 1. The minimum Gasteiger partial charge on any atom is -0.444 e. The summed E-state index contributed by atoms with van der Waals surface area (Å²) in [7, 11) is -3.84. The number of nitro groups is 1. The number of benzene rings is 1. The number of rotatable bonds is 3. The quantitative estimate of drug-likeness (QED) is 0.413. The average molecular weight is 504 g/mol. The fourth-order valence-electron chi connectivity index (χ4n) is 3.52. The second kappa shape index (κ2) is 10.3. The van der Waals surface area contributed by atoms with Crippen LogP contribution in [0.25, 0.3) is 11.0 Å². The molecule has 0 aliphatic carbocycles. The molecule has 1 aliphatic heterocycles. The van der Waals surface area contributed by atoms with Crippen LogP contribution in [0.3, 0.4) is 0 Å². The standard InChI is InChI=1S/C13H10N4O4S.C10H19NO2/c14-12-10-6-7-16(13(10)15-8-11(12)17(18)19)22(20,21)9-4-2-1-3-5-9;1-10(2,3)13-9(12)11-7-5-4-6-8-11/h1-8H,(H2,14,15);4-8H2,1-3H3. The molecule has 1 aliphatic rings. The zero-order chi connectivity index (χ0) is 25.8. The highest BCUT2D eigenvalue weighted by Gasteiger charge is 2.24. The number of nitrogens with zero attached hydrogens (tertiary/aromatic N) is 4. The molecular weight excluding hydrogens is 474 g/mol. The van der Waals surface area contributed by atoms with Crippen LogP contribution < -0.4 is 5.73 Å². The van der Waals surface area contributed by atoms with Crippen LogP contribution in [0.1, 0.15) is 40.0 Å². The van der Waals surface area contributed by atoms with Crippen molar-refractivity contribution < 1.29 is 22.9 Å². The summed E-state index contributed by atoms with van der Waals surface area (Å²) in [6.45, 7) is 7.41. The lowest BCUT2D eigenvalue weighted by Gasteiger charge is -2.29. The third kappa shape index (κ3) is 6.07. The fourth-order valence-corrected chi connectivity index (χ4v) is 4.84. The number of likely N-dealkylation sites (tertiary alicyclic amines) is 1. The summed E-state index contributed by atoms with van der Waals surface area (Å²) in [5, 5.41) is 11.1. The molecule has 0 saturated carbocycles. The number of pyridine rings is 1. The van der Waals surface area contributed by atoms with E-state index in [1.807, 2.05) is 20.8 Å². The zero-order valence-corrected chi connectivity index (χ0v) is 20.7. The van der Waals surface area contributed by atoms with Crippen molar-refractivity contribution in [3.8, 4) is 0 Å². The van der Waals surface area contributed by atoms with E-state index in [4.69, 9.17) is 10.5 Å². The van der Waals surface area contributed by atoms with Gasteiger partial charge in [0.05, 0.1) is 15.2 Å². The first-order valence-corrected chi connectivity index (χ1v) is 12.5. The molecule has 0 atom stereocenters. The fraction of sp³-hybridized carbons (Fsp3) is 0.391. The Labute approximate surface area is 203 Å². The summed E-state index contributed by atoms with van der Waals surface area (Å²) in [5.74, 6) is 0. The molecule has 3 aromatic rings. The van der Waals surface area contributed by atoms with Crippen molar-refractivity contribution in [3.63, 3.8) is 0 Å². The number of ether oxygens (including phenoxy) is 1. The van der Waals surface area contributed by atoms with Crippen molar-refractivity contribution >= 4 is 38.5 Å². The molecule has 0 bridgehead atoms. The monoisotopic (exact) mass is 503 g/mol. The van der Waals surface area contributed by atoms with Gasteiger partial charge in [0.1, 0.15) is 17.5 Å². The van der Waals surface area contributed by atoms with Crippen molar-refractivity contribution in [2.45, 2.75) is 50.5 Å². The molecule has 12 heteroatoms. The van der Waals surface area contributed by atoms with E-state index in [9.17, 15) is 23.3 Å². The number of anilines is 1. The van der Waals surface area contributed by atoms with Gasteiger partial charge in [-0.25, -0.2) is 22.2 Å². The second-order valence-electron chi connectivity index (χ2n) is 9.01. The van der Waals surface area contributed by atoms with E-state index in [2.05, 4.69) is 4.98 Å². The molecule has 1 amide bonds. The molecule has 11 nitrogen and oxygen atoms in total. The van der Waals surface area contributed by atoms with Gasteiger partial charge in [0.25, 0.3) is 10.0 Å². The Hall–Kier alpha value is -3.67. The summed E-state index contributed by atoms with van der Waals surface area (Å²) in [6.07, 6.45) is 5.53. The number of carbonyl (C=O) groups excluding carboxylic acids is 1. The molecular formula is C23H29N5O6S. The molecule has 0 unspecified atom stereocenters. The second-order valence-corrected chi connectivity index (χ2v) is 10.8. The number of hydrogen-bond donors (Lipinski definition) is 1. The molecule has 1 saturated heterocycles. The Kier molecular flexibility index (Phi) is 7.64. The highest BCUT2D eigenvalue weighted by molar-refractivity contribution is 7.90. The first-order valence-electron chi connectivity index (χ1n) is 11.1.